The minimum absolute atomic E-state index is 1.17. The third-order valence-electron chi connectivity index (χ3n) is 28.4. The maximum absolute atomic E-state index is 2.43. The Kier molecular flexibility index (Phi) is 19.4. The van der Waals surface area contributed by atoms with Gasteiger partial charge >= 0.3 is 0 Å². The van der Waals surface area contributed by atoms with Crippen LogP contribution in [-0.2, 0) is 0 Å². The maximum atomic E-state index is 2.43. The van der Waals surface area contributed by atoms with Crippen molar-refractivity contribution in [3.63, 3.8) is 0 Å². The van der Waals surface area contributed by atoms with Gasteiger partial charge in [0.2, 0.25) is 0 Å². The van der Waals surface area contributed by atoms with Crippen LogP contribution < -0.4 is 0 Å². The monoisotopic (exact) mass is 1790 g/mol. The Bertz CT molecular complexity index is 9670. The number of aromatic nitrogens is 6. The second-order valence-corrected chi connectivity index (χ2v) is 37.2. The largest absolute Gasteiger partial charge is 0.309 e. The zero-order valence-electron chi connectivity index (χ0n) is 75.7. The molecule has 0 N–H and O–H groups in total. The van der Waals surface area contributed by atoms with E-state index in [4.69, 9.17) is 0 Å². The summed E-state index contributed by atoms with van der Waals surface area (Å²) in [5.41, 5.74) is 36.4. The van der Waals surface area contributed by atoms with Crippen LogP contribution in [0.5, 0.6) is 0 Å². The van der Waals surface area contributed by atoms with E-state index in [9.17, 15) is 0 Å². The normalized spacial score (nSPS) is 11.7. The van der Waals surface area contributed by atoms with E-state index in [0.717, 1.165) is 0 Å². The van der Waals surface area contributed by atoms with Gasteiger partial charge in [0.15, 0.2) is 0 Å². The Morgan fingerprint density at radius 1 is 0.115 bits per heavy atom. The van der Waals surface area contributed by atoms with Crippen LogP contribution in [0.4, 0.5) is 0 Å². The molecule has 0 aliphatic carbocycles. The highest BCUT2D eigenvalue weighted by molar-refractivity contribution is 7.26. The van der Waals surface area contributed by atoms with Gasteiger partial charge in [-0.15, -0.1) is 11.3 Å². The molecule has 0 fully saturated rings. The van der Waals surface area contributed by atoms with Gasteiger partial charge in [-0.25, -0.2) is 0 Å². The van der Waals surface area contributed by atoms with E-state index in [2.05, 4.69) is 549 Å². The Morgan fingerprint density at radius 3 is 0.655 bits per heavy atom. The van der Waals surface area contributed by atoms with Crippen LogP contribution in [-0.4, -0.2) is 27.4 Å². The third kappa shape index (κ3) is 13.7. The number of fused-ring (bicyclic) bond motifs is 22. The lowest BCUT2D eigenvalue weighted by Crippen LogP contribution is -1.94. The van der Waals surface area contributed by atoms with Crippen molar-refractivity contribution in [3.8, 4) is 101 Å². The molecule has 22 aromatic carbocycles. The third-order valence-corrected chi connectivity index (χ3v) is 29.6. The SMILES string of the molecule is c1ccc(-c2cccc(-n3c4ccccc4c4cc(-c5ccc(-c6ccc7c(c6)c6ccccc6n7-c6ccccc6)cc5)ccc43)c2)cc1.c1ccc(-n2c3ccccc3c3cc(-c4ccc(-c5ccc6c(c5)c5ccccc5n6-c5ccccc5)cc4)ccc32)cc1.c1ccc(-n2c3ccccc3c3cc(-c4ccc5c(c4)c4c6sc7ccccc7c6ccc4n5-c4ccccc4)ccc32)cc1. The predicted molar refractivity (Wildman–Crippen MR) is 591 cm³/mol. The van der Waals surface area contributed by atoms with Crippen LogP contribution in [0.3, 0.4) is 0 Å². The topological polar surface area (TPSA) is 29.6 Å². The molecule has 139 heavy (non-hydrogen) atoms. The van der Waals surface area contributed by atoms with Crippen molar-refractivity contribution in [2.45, 2.75) is 0 Å². The van der Waals surface area contributed by atoms with Gasteiger partial charge in [-0.3, -0.25) is 0 Å². The minimum Gasteiger partial charge on any atom is -0.309 e. The lowest BCUT2D eigenvalue weighted by atomic mass is 9.98. The van der Waals surface area contributed by atoms with Gasteiger partial charge in [-0.1, -0.05) is 334 Å². The summed E-state index contributed by atoms with van der Waals surface area (Å²) in [4.78, 5) is 0. The molecule has 0 aliphatic rings. The first-order valence-corrected chi connectivity index (χ1v) is 48.5. The summed E-state index contributed by atoms with van der Waals surface area (Å²) >= 11 is 1.90. The number of para-hydroxylation sites is 10. The van der Waals surface area contributed by atoms with Gasteiger partial charge in [0.25, 0.3) is 0 Å². The van der Waals surface area contributed by atoms with Crippen molar-refractivity contribution in [2.24, 2.45) is 0 Å². The number of hydrogen-bond donors (Lipinski definition) is 0. The van der Waals surface area contributed by atoms with Gasteiger partial charge in [0, 0.05) is 119 Å². The average Bonchev–Trinajstić information content (AvgIpc) is 1.55. The molecular weight excluding hydrogens is 1700 g/mol. The van der Waals surface area contributed by atoms with Crippen LogP contribution in [0.2, 0.25) is 0 Å². The summed E-state index contributed by atoms with van der Waals surface area (Å²) in [6.07, 6.45) is 0. The van der Waals surface area contributed by atoms with Crippen LogP contribution >= 0.6 is 11.3 Å². The van der Waals surface area contributed by atoms with E-state index in [-0.39, 0.29) is 0 Å². The van der Waals surface area contributed by atoms with Crippen molar-refractivity contribution in [2.75, 3.05) is 0 Å². The van der Waals surface area contributed by atoms with E-state index in [1.165, 1.54) is 252 Å². The Morgan fingerprint density at radius 2 is 0.324 bits per heavy atom. The molecule has 0 aliphatic heterocycles. The molecule has 0 atom stereocenters. The highest BCUT2D eigenvalue weighted by Crippen LogP contribution is 2.48. The molecule has 0 amide bonds. The fourth-order valence-corrected chi connectivity index (χ4v) is 23.2. The quantitative estimate of drug-likeness (QED) is 0.117. The summed E-state index contributed by atoms with van der Waals surface area (Å²) in [5.74, 6) is 0. The summed E-state index contributed by atoms with van der Waals surface area (Å²) in [7, 11) is 0. The fourth-order valence-electron chi connectivity index (χ4n) is 21.9. The molecule has 650 valence electrons. The molecule has 29 rings (SSSR count). The van der Waals surface area contributed by atoms with Gasteiger partial charge in [-0.05, 0) is 255 Å². The second kappa shape index (κ2) is 33.5. The molecule has 0 bridgehead atoms. The number of nitrogens with zero attached hydrogens (tertiary/aromatic N) is 6. The Balaban J connectivity index is 0.000000105. The first kappa shape index (κ1) is 80.5. The average molecular weight is 1790 g/mol. The summed E-state index contributed by atoms with van der Waals surface area (Å²) < 4.78 is 17.0. The number of hydrogen-bond acceptors (Lipinski definition) is 1. The van der Waals surface area contributed by atoms with E-state index in [1.54, 1.807) is 0 Å². The fraction of sp³-hybridized carbons (Fsp3) is 0. The zero-order valence-corrected chi connectivity index (χ0v) is 76.6. The van der Waals surface area contributed by atoms with E-state index in [0.29, 0.717) is 0 Å². The number of rotatable bonds is 12. The predicted octanol–water partition coefficient (Wildman–Crippen LogP) is 36.0. The van der Waals surface area contributed by atoms with E-state index < -0.39 is 0 Å². The lowest BCUT2D eigenvalue weighted by Gasteiger charge is -2.11. The maximum Gasteiger partial charge on any atom is 0.0555 e. The first-order valence-electron chi connectivity index (χ1n) is 47.7. The molecule has 29 aromatic rings. The summed E-state index contributed by atoms with van der Waals surface area (Å²) in [5, 5.41) is 17.9. The van der Waals surface area contributed by atoms with Gasteiger partial charge in [0.05, 0.1) is 66.2 Å². The van der Waals surface area contributed by atoms with E-state index >= 15 is 0 Å². The first-order chi connectivity index (χ1) is 69.0. The van der Waals surface area contributed by atoms with Gasteiger partial charge < -0.3 is 27.4 Å². The standard InChI is InChI=1S/C48H32N2.C42H26N2S.C42H28N2/c1-3-12-33(13-4-1)36-14-11-17-40(30-36)50-46-21-10-8-19-42(46)44-32-38(27-29-48(44)50)35-24-22-34(23-25-35)37-26-28-47-43(31-37)41-18-7-9-20-45(41)49(47)39-15-5-2-6-16-39;1-3-11-29(12-4-1)43-36-17-9-7-15-31(36)34-25-27(19-22-37(34)43)28-20-23-38-35(26-28)41-39(44(38)30-13-5-2-6-14-30)24-21-33-32-16-8-10-18-40(32)45-42(33)41;1-3-11-33(12-4-1)43-39-17-9-7-15-35(39)37-27-31(23-25-41(37)43)29-19-21-30(22-20-29)32-24-26-42-38(28-32)36-16-8-10-18-40(36)44(42)34-13-5-2-6-14-34/h1-32H;1-26H;1-28H. The molecule has 7 heteroatoms. The molecule has 7 heterocycles. The second-order valence-electron chi connectivity index (χ2n) is 36.2. The lowest BCUT2D eigenvalue weighted by molar-refractivity contribution is 1.18. The molecule has 0 saturated carbocycles. The van der Waals surface area contributed by atoms with Crippen LogP contribution in [0.25, 0.3) is 252 Å². The van der Waals surface area contributed by atoms with Crippen LogP contribution in [0.15, 0.2) is 522 Å². The summed E-state index contributed by atoms with van der Waals surface area (Å²) in [6, 6.07) is 189. The van der Waals surface area contributed by atoms with Crippen molar-refractivity contribution < 1.29 is 0 Å². The molecule has 0 spiro atoms. The molecule has 0 saturated heterocycles. The molecule has 7 aromatic heterocycles. The zero-order chi connectivity index (χ0) is 91.5. The number of thiophene rings is 1. The van der Waals surface area contributed by atoms with Crippen molar-refractivity contribution >= 4 is 162 Å². The Labute approximate surface area is 806 Å². The highest BCUT2D eigenvalue weighted by Gasteiger charge is 2.24. The molecule has 0 radical (unpaired) electrons. The summed E-state index contributed by atoms with van der Waals surface area (Å²) in [6.45, 7) is 0. The smallest absolute Gasteiger partial charge is 0.0555 e. The van der Waals surface area contributed by atoms with Crippen molar-refractivity contribution in [3.05, 3.63) is 522 Å². The minimum atomic E-state index is 1.17. The van der Waals surface area contributed by atoms with E-state index in [1.807, 2.05) is 11.3 Å². The van der Waals surface area contributed by atoms with Crippen molar-refractivity contribution in [1.82, 2.24) is 27.4 Å². The molecule has 6 nitrogen and oxygen atoms in total. The highest BCUT2D eigenvalue weighted by atomic mass is 32.1. The van der Waals surface area contributed by atoms with Gasteiger partial charge in [-0.2, -0.15) is 0 Å². The Hall–Kier alpha value is -18.1. The van der Waals surface area contributed by atoms with Crippen molar-refractivity contribution in [1.29, 1.82) is 0 Å². The molecule has 0 unspecified atom stereocenters. The van der Waals surface area contributed by atoms with Crippen LogP contribution in [0, 0.1) is 0 Å². The number of benzene rings is 22. The molecular formula is C132H86N6S. The van der Waals surface area contributed by atoms with Crippen LogP contribution in [0.1, 0.15) is 0 Å². The van der Waals surface area contributed by atoms with Gasteiger partial charge in [0.1, 0.15) is 0 Å².